The highest BCUT2D eigenvalue weighted by atomic mass is 16.5. The molecule has 20 heavy (non-hydrogen) atoms. The van der Waals surface area contributed by atoms with Crippen molar-refractivity contribution in [1.29, 1.82) is 5.26 Å². The molecule has 0 radical (unpaired) electrons. The van der Waals surface area contributed by atoms with Crippen LogP contribution in [0.15, 0.2) is 28.8 Å². The van der Waals surface area contributed by atoms with Gasteiger partial charge in [0.1, 0.15) is 5.76 Å². The number of carboxylic acid groups (broad SMARTS) is 1. The molecule has 0 spiro atoms. The molecule has 0 saturated heterocycles. The Hall–Kier alpha value is -2.61. The Morgan fingerprint density at radius 3 is 2.50 bits per heavy atom. The lowest BCUT2D eigenvalue weighted by Crippen LogP contribution is -2.03. The minimum Gasteiger partial charge on any atom is -0.478 e. The summed E-state index contributed by atoms with van der Waals surface area (Å²) in [4.78, 5) is 10.8. The summed E-state index contributed by atoms with van der Waals surface area (Å²) < 4.78 is 5.09. The van der Waals surface area contributed by atoms with Crippen molar-refractivity contribution >= 4 is 5.97 Å². The van der Waals surface area contributed by atoms with Crippen molar-refractivity contribution < 1.29 is 14.4 Å². The molecule has 1 atom stereocenters. The van der Waals surface area contributed by atoms with E-state index < -0.39 is 5.97 Å². The zero-order valence-electron chi connectivity index (χ0n) is 11.3. The van der Waals surface area contributed by atoms with Crippen molar-refractivity contribution in [3.63, 3.8) is 0 Å². The van der Waals surface area contributed by atoms with Gasteiger partial charge in [-0.05, 0) is 38.0 Å². The lowest BCUT2D eigenvalue weighted by Gasteiger charge is -2.09. The minimum absolute atomic E-state index is 0.211. The number of carboxylic acids is 1. The third-order valence-electron chi connectivity index (χ3n) is 3.31. The van der Waals surface area contributed by atoms with E-state index in [0.29, 0.717) is 12.2 Å². The lowest BCUT2D eigenvalue weighted by atomic mass is 9.92. The van der Waals surface area contributed by atoms with E-state index in [1.165, 1.54) is 12.1 Å². The van der Waals surface area contributed by atoms with Crippen molar-refractivity contribution in [3.8, 4) is 6.07 Å². The summed E-state index contributed by atoms with van der Waals surface area (Å²) in [5.41, 5.74) is 2.71. The van der Waals surface area contributed by atoms with Gasteiger partial charge in [0.25, 0.3) is 0 Å². The van der Waals surface area contributed by atoms with Crippen LogP contribution in [0.1, 0.15) is 38.9 Å². The summed E-state index contributed by atoms with van der Waals surface area (Å²) in [6, 6.07) is 8.61. The number of aromatic nitrogens is 1. The predicted molar refractivity (Wildman–Crippen MR) is 71.4 cm³/mol. The van der Waals surface area contributed by atoms with Gasteiger partial charge in [0.15, 0.2) is 0 Å². The van der Waals surface area contributed by atoms with Crippen LogP contribution in [0.2, 0.25) is 0 Å². The maximum absolute atomic E-state index is 10.8. The van der Waals surface area contributed by atoms with E-state index in [-0.39, 0.29) is 11.5 Å². The van der Waals surface area contributed by atoms with Crippen LogP contribution >= 0.6 is 0 Å². The molecule has 0 fully saturated rings. The molecular formula is C15H14N2O3. The highest BCUT2D eigenvalue weighted by molar-refractivity contribution is 5.87. The number of nitriles is 1. The highest BCUT2D eigenvalue weighted by Gasteiger charge is 2.17. The fourth-order valence-electron chi connectivity index (χ4n) is 2.09. The van der Waals surface area contributed by atoms with Crippen LogP contribution in [0, 0.1) is 25.2 Å². The molecule has 0 aliphatic rings. The molecule has 0 bridgehead atoms. The van der Waals surface area contributed by atoms with E-state index in [2.05, 4.69) is 11.2 Å². The van der Waals surface area contributed by atoms with Gasteiger partial charge in [0, 0.05) is 5.56 Å². The number of aromatic carboxylic acids is 1. The molecule has 2 aromatic rings. The number of rotatable bonds is 4. The second kappa shape index (κ2) is 5.57. The standard InChI is InChI=1S/C15H14N2O3/c1-9-14(10(2)20-17-9)7-13(8-16)11-3-5-12(6-4-11)15(18)19/h3-6,13H,7H2,1-2H3,(H,18,19). The molecule has 1 heterocycles. The van der Waals surface area contributed by atoms with Crippen LogP contribution in [-0.2, 0) is 6.42 Å². The number of benzene rings is 1. The van der Waals surface area contributed by atoms with E-state index in [1.54, 1.807) is 12.1 Å². The number of aryl methyl sites for hydroxylation is 2. The molecular weight excluding hydrogens is 256 g/mol. The SMILES string of the molecule is Cc1noc(C)c1CC(C#N)c1ccc(C(=O)O)cc1. The normalized spacial score (nSPS) is 11.8. The summed E-state index contributed by atoms with van der Waals surface area (Å²) in [7, 11) is 0. The van der Waals surface area contributed by atoms with Crippen molar-refractivity contribution in [2.45, 2.75) is 26.2 Å². The smallest absolute Gasteiger partial charge is 0.335 e. The van der Waals surface area contributed by atoms with Gasteiger partial charge in [-0.3, -0.25) is 0 Å². The van der Waals surface area contributed by atoms with E-state index in [4.69, 9.17) is 9.63 Å². The summed E-state index contributed by atoms with van der Waals surface area (Å²) in [6.07, 6.45) is 0.504. The fraction of sp³-hybridized carbons (Fsp3) is 0.267. The molecule has 1 aromatic carbocycles. The largest absolute Gasteiger partial charge is 0.478 e. The van der Waals surface area contributed by atoms with Crippen molar-refractivity contribution in [2.24, 2.45) is 0 Å². The molecule has 1 unspecified atom stereocenters. The predicted octanol–water partition coefficient (Wildman–Crippen LogP) is 2.84. The minimum atomic E-state index is -0.976. The number of nitrogens with zero attached hydrogens (tertiary/aromatic N) is 2. The molecule has 0 saturated carbocycles. The van der Waals surface area contributed by atoms with Gasteiger partial charge in [0.05, 0.1) is 23.2 Å². The molecule has 0 aliphatic heterocycles. The maximum atomic E-state index is 10.8. The van der Waals surface area contributed by atoms with Crippen LogP contribution in [0.5, 0.6) is 0 Å². The molecule has 0 amide bonds. The third kappa shape index (κ3) is 2.69. The van der Waals surface area contributed by atoms with Crippen LogP contribution in [0.3, 0.4) is 0 Å². The average molecular weight is 270 g/mol. The Kier molecular flexibility index (Phi) is 3.85. The topological polar surface area (TPSA) is 87.1 Å². The molecule has 1 aromatic heterocycles. The fourth-order valence-corrected chi connectivity index (χ4v) is 2.09. The first kappa shape index (κ1) is 13.8. The highest BCUT2D eigenvalue weighted by Crippen LogP contribution is 2.24. The molecule has 5 nitrogen and oxygen atoms in total. The Labute approximate surface area is 116 Å². The second-order valence-corrected chi connectivity index (χ2v) is 4.62. The number of hydrogen-bond donors (Lipinski definition) is 1. The van der Waals surface area contributed by atoms with Crippen LogP contribution < -0.4 is 0 Å². The monoisotopic (exact) mass is 270 g/mol. The third-order valence-corrected chi connectivity index (χ3v) is 3.31. The summed E-state index contributed by atoms with van der Waals surface area (Å²) >= 11 is 0. The Morgan fingerprint density at radius 1 is 1.40 bits per heavy atom. The zero-order valence-corrected chi connectivity index (χ0v) is 11.3. The quantitative estimate of drug-likeness (QED) is 0.923. The average Bonchev–Trinajstić information content (AvgIpc) is 2.76. The van der Waals surface area contributed by atoms with Gasteiger partial charge >= 0.3 is 5.97 Å². The van der Waals surface area contributed by atoms with Gasteiger partial charge < -0.3 is 9.63 Å². The van der Waals surface area contributed by atoms with Crippen molar-refractivity contribution in [1.82, 2.24) is 5.16 Å². The van der Waals surface area contributed by atoms with Crippen molar-refractivity contribution in [2.75, 3.05) is 0 Å². The van der Waals surface area contributed by atoms with Gasteiger partial charge in [-0.15, -0.1) is 0 Å². The Bertz CT molecular complexity index is 646. The van der Waals surface area contributed by atoms with E-state index in [1.807, 2.05) is 13.8 Å². The molecule has 2 rings (SSSR count). The molecule has 5 heteroatoms. The van der Waals surface area contributed by atoms with Crippen LogP contribution in [0.4, 0.5) is 0 Å². The van der Waals surface area contributed by atoms with Gasteiger partial charge in [-0.2, -0.15) is 5.26 Å². The first-order valence-electron chi connectivity index (χ1n) is 6.17. The first-order valence-corrected chi connectivity index (χ1v) is 6.17. The molecule has 102 valence electrons. The van der Waals surface area contributed by atoms with E-state index in [0.717, 1.165) is 16.8 Å². The molecule has 0 aliphatic carbocycles. The summed E-state index contributed by atoms with van der Waals surface area (Å²) in [6.45, 7) is 3.66. The Morgan fingerprint density at radius 2 is 2.05 bits per heavy atom. The van der Waals surface area contributed by atoms with E-state index >= 15 is 0 Å². The summed E-state index contributed by atoms with van der Waals surface area (Å²) in [5.74, 6) is -0.615. The van der Waals surface area contributed by atoms with Gasteiger partial charge in [-0.25, -0.2) is 4.79 Å². The van der Waals surface area contributed by atoms with Crippen molar-refractivity contribution in [3.05, 3.63) is 52.4 Å². The van der Waals surface area contributed by atoms with Crippen LogP contribution in [-0.4, -0.2) is 16.2 Å². The summed E-state index contributed by atoms with van der Waals surface area (Å²) in [5, 5.41) is 22.1. The Balaban J connectivity index is 2.25. The van der Waals surface area contributed by atoms with Gasteiger partial charge in [-0.1, -0.05) is 17.3 Å². The van der Waals surface area contributed by atoms with Gasteiger partial charge in [0.2, 0.25) is 0 Å². The number of hydrogen-bond acceptors (Lipinski definition) is 4. The lowest BCUT2D eigenvalue weighted by molar-refractivity contribution is 0.0697. The van der Waals surface area contributed by atoms with Crippen LogP contribution in [0.25, 0.3) is 0 Å². The maximum Gasteiger partial charge on any atom is 0.335 e. The zero-order chi connectivity index (χ0) is 14.7. The van der Waals surface area contributed by atoms with E-state index in [9.17, 15) is 10.1 Å². The number of carbonyl (C=O) groups is 1. The molecule has 1 N–H and O–H groups in total. The second-order valence-electron chi connectivity index (χ2n) is 4.62. The first-order chi connectivity index (χ1) is 9.52.